The van der Waals surface area contributed by atoms with E-state index in [4.69, 9.17) is 0 Å². The summed E-state index contributed by atoms with van der Waals surface area (Å²) >= 11 is 0. The van der Waals surface area contributed by atoms with Gasteiger partial charge in [0.15, 0.2) is 0 Å². The third-order valence-corrected chi connectivity index (χ3v) is 3.00. The summed E-state index contributed by atoms with van der Waals surface area (Å²) in [6.07, 6.45) is 1.07. The van der Waals surface area contributed by atoms with Gasteiger partial charge in [0.05, 0.1) is 5.69 Å². The second kappa shape index (κ2) is 7.02. The predicted molar refractivity (Wildman–Crippen MR) is 84.4 cm³/mol. The summed E-state index contributed by atoms with van der Waals surface area (Å²) in [6, 6.07) is 8.32. The van der Waals surface area contributed by atoms with Crippen LogP contribution in [0.2, 0.25) is 0 Å². The molecule has 2 rings (SSSR count). The van der Waals surface area contributed by atoms with Gasteiger partial charge in [0.25, 0.3) is 0 Å². The molecule has 2 N–H and O–H groups in total. The predicted octanol–water partition coefficient (Wildman–Crippen LogP) is 4.13. The maximum atomic E-state index is 13.6. The first-order chi connectivity index (χ1) is 10.0. The molecule has 1 aromatic carbocycles. The number of aromatic nitrogens is 2. The molecule has 2 aromatic rings. The fraction of sp³-hybridized carbons (Fsp3) is 0.375. The fourth-order valence-corrected chi connectivity index (χ4v) is 1.91. The molecule has 0 aliphatic carbocycles. The van der Waals surface area contributed by atoms with Crippen LogP contribution in [0.25, 0.3) is 0 Å². The zero-order valence-corrected chi connectivity index (χ0v) is 12.7. The molecular formula is C16H21FN4. The lowest BCUT2D eigenvalue weighted by molar-refractivity contribution is 0.606. The number of nitrogens with zero attached hydrogens (tertiary/aromatic N) is 2. The van der Waals surface area contributed by atoms with Gasteiger partial charge in [0, 0.05) is 12.6 Å². The number of rotatable bonds is 6. The zero-order valence-electron chi connectivity index (χ0n) is 12.7. The summed E-state index contributed by atoms with van der Waals surface area (Å²) in [5.74, 6) is 2.31. The molecule has 0 saturated heterocycles. The van der Waals surface area contributed by atoms with Crippen LogP contribution in [-0.2, 0) is 0 Å². The monoisotopic (exact) mass is 288 g/mol. The molecule has 0 saturated carbocycles. The third kappa shape index (κ3) is 4.70. The van der Waals surface area contributed by atoms with E-state index in [1.807, 2.05) is 6.92 Å². The summed E-state index contributed by atoms with van der Waals surface area (Å²) in [6.45, 7) is 7.03. The lowest BCUT2D eigenvalue weighted by atomic mass is 10.1. The molecule has 4 nitrogen and oxygen atoms in total. The minimum atomic E-state index is -0.303. The van der Waals surface area contributed by atoms with Gasteiger partial charge in [-0.25, -0.2) is 14.4 Å². The van der Waals surface area contributed by atoms with Crippen molar-refractivity contribution in [1.82, 2.24) is 9.97 Å². The first-order valence-corrected chi connectivity index (χ1v) is 7.15. The highest BCUT2D eigenvalue weighted by molar-refractivity contribution is 5.59. The highest BCUT2D eigenvalue weighted by Gasteiger charge is 2.05. The number of benzene rings is 1. The van der Waals surface area contributed by atoms with Crippen molar-refractivity contribution in [2.45, 2.75) is 27.2 Å². The van der Waals surface area contributed by atoms with Crippen LogP contribution < -0.4 is 10.6 Å². The standard InChI is InChI=1S/C16H21FN4/c1-11(2)8-9-18-15-10-16(20-12(3)19-15)21-14-7-5-4-6-13(14)17/h4-7,10-11H,8-9H2,1-3H3,(H2,18,19,20,21). The molecule has 0 aliphatic rings. The fourth-order valence-electron chi connectivity index (χ4n) is 1.91. The second-order valence-electron chi connectivity index (χ2n) is 5.40. The van der Waals surface area contributed by atoms with E-state index in [9.17, 15) is 4.39 Å². The Hall–Kier alpha value is -2.17. The van der Waals surface area contributed by atoms with Gasteiger partial charge in [-0.15, -0.1) is 0 Å². The van der Waals surface area contributed by atoms with E-state index in [2.05, 4.69) is 34.4 Å². The van der Waals surface area contributed by atoms with Crippen molar-refractivity contribution >= 4 is 17.3 Å². The van der Waals surface area contributed by atoms with Crippen molar-refractivity contribution in [3.63, 3.8) is 0 Å². The molecule has 0 aliphatic heterocycles. The third-order valence-electron chi connectivity index (χ3n) is 3.00. The molecule has 0 unspecified atom stereocenters. The molecule has 1 heterocycles. The van der Waals surface area contributed by atoms with Crippen molar-refractivity contribution in [2.24, 2.45) is 5.92 Å². The van der Waals surface area contributed by atoms with Crippen LogP contribution in [0.15, 0.2) is 30.3 Å². The van der Waals surface area contributed by atoms with Crippen LogP contribution >= 0.6 is 0 Å². The maximum absolute atomic E-state index is 13.6. The van der Waals surface area contributed by atoms with E-state index in [1.165, 1.54) is 6.07 Å². The zero-order chi connectivity index (χ0) is 15.2. The van der Waals surface area contributed by atoms with Gasteiger partial charge in [-0.05, 0) is 31.4 Å². The SMILES string of the molecule is Cc1nc(NCCC(C)C)cc(Nc2ccccc2F)n1. The Morgan fingerprint density at radius 2 is 1.86 bits per heavy atom. The topological polar surface area (TPSA) is 49.8 Å². The van der Waals surface area contributed by atoms with Gasteiger partial charge >= 0.3 is 0 Å². The Morgan fingerprint density at radius 1 is 1.14 bits per heavy atom. The van der Waals surface area contributed by atoms with Crippen LogP contribution in [0.4, 0.5) is 21.7 Å². The molecule has 112 valence electrons. The van der Waals surface area contributed by atoms with Crippen LogP contribution in [-0.4, -0.2) is 16.5 Å². The maximum Gasteiger partial charge on any atom is 0.146 e. The summed E-state index contributed by atoms with van der Waals surface area (Å²) in [4.78, 5) is 8.62. The number of hydrogen-bond acceptors (Lipinski definition) is 4. The number of halogens is 1. The molecule has 5 heteroatoms. The van der Waals surface area contributed by atoms with Gasteiger partial charge < -0.3 is 10.6 Å². The number of hydrogen-bond donors (Lipinski definition) is 2. The summed E-state index contributed by atoms with van der Waals surface area (Å²) in [7, 11) is 0. The molecule has 1 aromatic heterocycles. The summed E-state index contributed by atoms with van der Waals surface area (Å²) in [5.41, 5.74) is 0.406. The van der Waals surface area contributed by atoms with Crippen molar-refractivity contribution in [2.75, 3.05) is 17.2 Å². The van der Waals surface area contributed by atoms with E-state index in [-0.39, 0.29) is 5.82 Å². The van der Waals surface area contributed by atoms with Crippen molar-refractivity contribution < 1.29 is 4.39 Å². The Bertz CT molecular complexity index is 599. The summed E-state index contributed by atoms with van der Waals surface area (Å²) < 4.78 is 13.6. The molecule has 21 heavy (non-hydrogen) atoms. The van der Waals surface area contributed by atoms with E-state index in [0.29, 0.717) is 23.2 Å². The number of nitrogens with one attached hydrogen (secondary N) is 2. The van der Waals surface area contributed by atoms with Crippen molar-refractivity contribution in [3.05, 3.63) is 42.0 Å². The van der Waals surface area contributed by atoms with Crippen molar-refractivity contribution in [3.8, 4) is 0 Å². The Morgan fingerprint density at radius 3 is 2.57 bits per heavy atom. The molecule has 0 fully saturated rings. The lowest BCUT2D eigenvalue weighted by Crippen LogP contribution is -2.08. The molecule has 0 atom stereocenters. The van der Waals surface area contributed by atoms with Gasteiger partial charge in [-0.3, -0.25) is 0 Å². The van der Waals surface area contributed by atoms with E-state index < -0.39 is 0 Å². The van der Waals surface area contributed by atoms with Crippen LogP contribution in [0, 0.1) is 18.7 Å². The van der Waals surface area contributed by atoms with Gasteiger partial charge in [0.2, 0.25) is 0 Å². The number of anilines is 3. The molecule has 0 radical (unpaired) electrons. The minimum absolute atomic E-state index is 0.303. The first kappa shape index (κ1) is 15.2. The molecular weight excluding hydrogens is 267 g/mol. The van der Waals surface area contributed by atoms with E-state index in [0.717, 1.165) is 18.8 Å². The Kier molecular flexibility index (Phi) is 5.09. The average Bonchev–Trinajstić information content (AvgIpc) is 2.40. The quantitative estimate of drug-likeness (QED) is 0.839. The van der Waals surface area contributed by atoms with Gasteiger partial charge in [0.1, 0.15) is 23.3 Å². The van der Waals surface area contributed by atoms with Gasteiger partial charge in [-0.2, -0.15) is 0 Å². The van der Waals surface area contributed by atoms with E-state index >= 15 is 0 Å². The van der Waals surface area contributed by atoms with E-state index in [1.54, 1.807) is 24.3 Å². The molecule has 0 spiro atoms. The van der Waals surface area contributed by atoms with Gasteiger partial charge in [-0.1, -0.05) is 26.0 Å². The van der Waals surface area contributed by atoms with Crippen LogP contribution in [0.5, 0.6) is 0 Å². The largest absolute Gasteiger partial charge is 0.370 e. The summed E-state index contributed by atoms with van der Waals surface area (Å²) in [5, 5.41) is 6.26. The highest BCUT2D eigenvalue weighted by Crippen LogP contribution is 2.20. The second-order valence-corrected chi connectivity index (χ2v) is 5.40. The lowest BCUT2D eigenvalue weighted by Gasteiger charge is -2.11. The Balaban J connectivity index is 2.10. The number of aryl methyl sites for hydroxylation is 1. The molecule has 0 bridgehead atoms. The molecule has 0 amide bonds. The van der Waals surface area contributed by atoms with Crippen LogP contribution in [0.1, 0.15) is 26.1 Å². The Labute approximate surface area is 124 Å². The van der Waals surface area contributed by atoms with Crippen LogP contribution in [0.3, 0.4) is 0 Å². The number of para-hydroxylation sites is 1. The first-order valence-electron chi connectivity index (χ1n) is 7.15. The average molecular weight is 288 g/mol. The normalized spacial score (nSPS) is 10.7. The minimum Gasteiger partial charge on any atom is -0.370 e. The van der Waals surface area contributed by atoms with Crippen molar-refractivity contribution in [1.29, 1.82) is 0 Å². The smallest absolute Gasteiger partial charge is 0.146 e. The highest BCUT2D eigenvalue weighted by atomic mass is 19.1.